The van der Waals surface area contributed by atoms with Gasteiger partial charge in [-0.2, -0.15) is 0 Å². The molecule has 0 radical (unpaired) electrons. The van der Waals surface area contributed by atoms with Crippen LogP contribution in [0.3, 0.4) is 0 Å². The molecule has 0 bridgehead atoms. The molecule has 13 heavy (non-hydrogen) atoms. The Hall–Kier alpha value is -0.640. The second kappa shape index (κ2) is 5.17. The summed E-state index contributed by atoms with van der Waals surface area (Å²) < 4.78 is 6.33. The summed E-state index contributed by atoms with van der Waals surface area (Å²) in [6.07, 6.45) is 5.69. The minimum atomic E-state index is 0.186. The molecule has 0 N–H and O–H groups in total. The van der Waals surface area contributed by atoms with Crippen LogP contribution in [0.2, 0.25) is 0 Å². The van der Waals surface area contributed by atoms with Gasteiger partial charge in [0.25, 0.3) is 0 Å². The van der Waals surface area contributed by atoms with E-state index in [1.54, 1.807) is 12.4 Å². The minimum absolute atomic E-state index is 0.186. The van der Waals surface area contributed by atoms with Crippen LogP contribution in [0.25, 0.3) is 0 Å². The molecule has 1 unspecified atom stereocenters. The number of halogens is 1. The Morgan fingerprint density at radius 1 is 1.46 bits per heavy atom. The molecule has 0 fully saturated rings. The summed E-state index contributed by atoms with van der Waals surface area (Å²) in [5, 5.41) is 0. The van der Waals surface area contributed by atoms with Crippen molar-refractivity contribution in [3.8, 4) is 6.01 Å². The summed E-state index contributed by atoms with van der Waals surface area (Å²) >= 11 is 3.26. The van der Waals surface area contributed by atoms with Crippen LogP contribution in [0, 0.1) is 0 Å². The van der Waals surface area contributed by atoms with Crippen molar-refractivity contribution in [2.24, 2.45) is 0 Å². The van der Waals surface area contributed by atoms with E-state index in [-0.39, 0.29) is 6.10 Å². The van der Waals surface area contributed by atoms with Crippen molar-refractivity contribution in [2.45, 2.75) is 32.8 Å². The van der Waals surface area contributed by atoms with Crippen LogP contribution < -0.4 is 4.74 Å². The predicted molar refractivity (Wildman–Crippen MR) is 54.7 cm³/mol. The Bertz CT molecular complexity index is 250. The largest absolute Gasteiger partial charge is 0.460 e. The number of ether oxygens (including phenoxy) is 1. The van der Waals surface area contributed by atoms with E-state index in [0.29, 0.717) is 6.01 Å². The molecular formula is C9H13BrN2O. The molecule has 1 rings (SSSR count). The number of aromatic nitrogens is 2. The molecule has 0 amide bonds. The molecular weight excluding hydrogens is 232 g/mol. The Labute approximate surface area is 86.7 Å². The van der Waals surface area contributed by atoms with E-state index < -0.39 is 0 Å². The zero-order chi connectivity index (χ0) is 9.68. The van der Waals surface area contributed by atoms with E-state index in [1.165, 1.54) is 0 Å². The molecule has 0 saturated heterocycles. The molecule has 0 aliphatic heterocycles. The molecule has 4 heteroatoms. The average molecular weight is 245 g/mol. The van der Waals surface area contributed by atoms with Crippen molar-refractivity contribution < 1.29 is 4.74 Å². The smallest absolute Gasteiger partial charge is 0.316 e. The Morgan fingerprint density at radius 3 is 2.62 bits per heavy atom. The molecule has 1 aromatic rings. The van der Waals surface area contributed by atoms with Crippen molar-refractivity contribution in [1.82, 2.24) is 9.97 Å². The molecule has 0 saturated carbocycles. The first-order valence-electron chi connectivity index (χ1n) is 4.36. The van der Waals surface area contributed by atoms with E-state index in [0.717, 1.165) is 17.3 Å². The van der Waals surface area contributed by atoms with Gasteiger partial charge in [-0.25, -0.2) is 9.97 Å². The Morgan fingerprint density at radius 2 is 2.08 bits per heavy atom. The summed E-state index contributed by atoms with van der Waals surface area (Å²) in [6.45, 7) is 4.15. The van der Waals surface area contributed by atoms with Crippen LogP contribution in [0.4, 0.5) is 0 Å². The van der Waals surface area contributed by atoms with Gasteiger partial charge in [0.05, 0.1) is 10.6 Å². The maximum absolute atomic E-state index is 5.47. The van der Waals surface area contributed by atoms with Crippen LogP contribution in [0.1, 0.15) is 26.7 Å². The normalized spacial score (nSPS) is 12.5. The Balaban J connectivity index is 2.49. The lowest BCUT2D eigenvalue weighted by atomic mass is 10.2. The second-order valence-corrected chi connectivity index (χ2v) is 3.82. The maximum Gasteiger partial charge on any atom is 0.316 e. The van der Waals surface area contributed by atoms with Crippen LogP contribution in [0.15, 0.2) is 16.9 Å². The van der Waals surface area contributed by atoms with Crippen LogP contribution in [-0.4, -0.2) is 16.1 Å². The van der Waals surface area contributed by atoms with Crippen molar-refractivity contribution in [3.63, 3.8) is 0 Å². The fourth-order valence-corrected chi connectivity index (χ4v) is 1.21. The van der Waals surface area contributed by atoms with Gasteiger partial charge in [0.15, 0.2) is 0 Å². The summed E-state index contributed by atoms with van der Waals surface area (Å²) in [7, 11) is 0. The lowest BCUT2D eigenvalue weighted by Crippen LogP contribution is -2.12. The van der Waals surface area contributed by atoms with Gasteiger partial charge >= 0.3 is 6.01 Å². The molecule has 1 aromatic heterocycles. The molecule has 0 aliphatic carbocycles. The third-order valence-corrected chi connectivity index (χ3v) is 2.01. The van der Waals surface area contributed by atoms with Crippen molar-refractivity contribution in [3.05, 3.63) is 16.9 Å². The molecule has 0 aromatic carbocycles. The van der Waals surface area contributed by atoms with Gasteiger partial charge in [0.1, 0.15) is 0 Å². The van der Waals surface area contributed by atoms with Crippen LogP contribution >= 0.6 is 15.9 Å². The molecule has 72 valence electrons. The van der Waals surface area contributed by atoms with Crippen LogP contribution in [0.5, 0.6) is 6.01 Å². The zero-order valence-corrected chi connectivity index (χ0v) is 9.41. The van der Waals surface area contributed by atoms with Crippen molar-refractivity contribution >= 4 is 15.9 Å². The van der Waals surface area contributed by atoms with E-state index in [1.807, 2.05) is 6.92 Å². The van der Waals surface area contributed by atoms with Crippen molar-refractivity contribution in [1.29, 1.82) is 0 Å². The van der Waals surface area contributed by atoms with Gasteiger partial charge < -0.3 is 4.74 Å². The van der Waals surface area contributed by atoms with E-state index in [2.05, 4.69) is 32.8 Å². The standard InChI is InChI=1S/C9H13BrN2O/c1-3-4-7(2)13-9-11-5-8(10)6-12-9/h5-7H,3-4H2,1-2H3. The topological polar surface area (TPSA) is 35.0 Å². The third-order valence-electron chi connectivity index (χ3n) is 1.60. The highest BCUT2D eigenvalue weighted by molar-refractivity contribution is 9.10. The quantitative estimate of drug-likeness (QED) is 0.818. The highest BCUT2D eigenvalue weighted by Gasteiger charge is 2.03. The van der Waals surface area contributed by atoms with Gasteiger partial charge in [0.2, 0.25) is 0 Å². The fourth-order valence-electron chi connectivity index (χ4n) is 1.01. The number of hydrogen-bond acceptors (Lipinski definition) is 3. The predicted octanol–water partition coefficient (Wildman–Crippen LogP) is 2.81. The zero-order valence-electron chi connectivity index (χ0n) is 7.83. The van der Waals surface area contributed by atoms with E-state index in [9.17, 15) is 0 Å². The molecule has 1 atom stereocenters. The number of nitrogens with zero attached hydrogens (tertiary/aromatic N) is 2. The molecule has 0 spiro atoms. The second-order valence-electron chi connectivity index (χ2n) is 2.90. The van der Waals surface area contributed by atoms with Gasteiger partial charge in [-0.05, 0) is 29.3 Å². The minimum Gasteiger partial charge on any atom is -0.460 e. The van der Waals surface area contributed by atoms with Crippen LogP contribution in [-0.2, 0) is 0 Å². The SMILES string of the molecule is CCCC(C)Oc1ncc(Br)cn1. The summed E-state index contributed by atoms with van der Waals surface area (Å²) in [5.74, 6) is 0. The third kappa shape index (κ3) is 3.72. The van der Waals surface area contributed by atoms with Gasteiger partial charge in [0, 0.05) is 12.4 Å². The van der Waals surface area contributed by atoms with E-state index in [4.69, 9.17) is 4.74 Å². The average Bonchev–Trinajstić information content (AvgIpc) is 2.09. The maximum atomic E-state index is 5.47. The highest BCUT2D eigenvalue weighted by Crippen LogP contribution is 2.10. The first kappa shape index (κ1) is 10.4. The highest BCUT2D eigenvalue weighted by atomic mass is 79.9. The summed E-state index contributed by atoms with van der Waals surface area (Å²) in [4.78, 5) is 8.04. The summed E-state index contributed by atoms with van der Waals surface area (Å²) in [5.41, 5.74) is 0. The lowest BCUT2D eigenvalue weighted by Gasteiger charge is -2.10. The fraction of sp³-hybridized carbons (Fsp3) is 0.556. The first-order valence-corrected chi connectivity index (χ1v) is 5.16. The molecule has 0 aliphatic rings. The lowest BCUT2D eigenvalue weighted by molar-refractivity contribution is 0.192. The summed E-state index contributed by atoms with van der Waals surface area (Å²) in [6, 6.07) is 0.448. The van der Waals surface area contributed by atoms with Gasteiger partial charge in [-0.1, -0.05) is 13.3 Å². The first-order chi connectivity index (χ1) is 6.22. The van der Waals surface area contributed by atoms with Gasteiger partial charge in [-0.3, -0.25) is 0 Å². The number of hydrogen-bond donors (Lipinski definition) is 0. The molecule has 3 nitrogen and oxygen atoms in total. The Kier molecular flexibility index (Phi) is 4.15. The molecule has 1 heterocycles. The van der Waals surface area contributed by atoms with E-state index >= 15 is 0 Å². The van der Waals surface area contributed by atoms with Gasteiger partial charge in [-0.15, -0.1) is 0 Å². The van der Waals surface area contributed by atoms with Crippen molar-refractivity contribution in [2.75, 3.05) is 0 Å². The number of rotatable bonds is 4. The monoisotopic (exact) mass is 244 g/mol.